The van der Waals surface area contributed by atoms with Gasteiger partial charge in [-0.15, -0.1) is 0 Å². The Morgan fingerprint density at radius 1 is 1.09 bits per heavy atom. The topological polar surface area (TPSA) is 41.1 Å². The van der Waals surface area contributed by atoms with E-state index in [2.05, 4.69) is 22.8 Å². The van der Waals surface area contributed by atoms with Gasteiger partial charge in [0.15, 0.2) is 5.11 Å². The Kier molecular flexibility index (Phi) is 4.68. The van der Waals surface area contributed by atoms with Gasteiger partial charge < -0.3 is 10.6 Å². The van der Waals surface area contributed by atoms with Crippen molar-refractivity contribution in [3.63, 3.8) is 0 Å². The van der Waals surface area contributed by atoms with Crippen LogP contribution in [0.25, 0.3) is 10.8 Å². The van der Waals surface area contributed by atoms with E-state index < -0.39 is 0 Å². The fraction of sp³-hybridized carbons (Fsp3) is 0.333. The molecule has 3 rings (SSSR count). The third-order valence-corrected chi connectivity index (χ3v) is 4.44. The molecule has 0 radical (unpaired) electrons. The fourth-order valence-electron chi connectivity index (χ4n) is 3.14. The molecule has 0 aliphatic heterocycles. The third kappa shape index (κ3) is 3.63. The Morgan fingerprint density at radius 3 is 2.64 bits per heavy atom. The van der Waals surface area contributed by atoms with Crippen LogP contribution in [0.4, 0.5) is 5.69 Å². The highest BCUT2D eigenvalue weighted by Crippen LogP contribution is 2.27. The maximum absolute atomic E-state index is 12.0. The van der Waals surface area contributed by atoms with Crippen LogP contribution >= 0.6 is 12.2 Å². The van der Waals surface area contributed by atoms with Gasteiger partial charge in [0.1, 0.15) is 0 Å². The first kappa shape index (κ1) is 15.0. The minimum Gasteiger partial charge on any atom is -0.332 e. The number of carbonyl (C=O) groups is 1. The van der Waals surface area contributed by atoms with Crippen LogP contribution in [0, 0.1) is 5.92 Å². The predicted molar refractivity (Wildman–Crippen MR) is 94.9 cm³/mol. The first-order valence-corrected chi connectivity index (χ1v) is 8.22. The van der Waals surface area contributed by atoms with Gasteiger partial charge in [0.25, 0.3) is 0 Å². The minimum absolute atomic E-state index is 0.0182. The van der Waals surface area contributed by atoms with Crippen LogP contribution in [-0.2, 0) is 4.79 Å². The summed E-state index contributed by atoms with van der Waals surface area (Å²) in [6.45, 7) is 0. The highest BCUT2D eigenvalue weighted by Gasteiger charge is 2.18. The second kappa shape index (κ2) is 6.88. The van der Waals surface area contributed by atoms with E-state index in [1.807, 2.05) is 30.3 Å². The Labute approximate surface area is 136 Å². The van der Waals surface area contributed by atoms with Gasteiger partial charge in [0.2, 0.25) is 5.91 Å². The van der Waals surface area contributed by atoms with Crippen LogP contribution in [0.3, 0.4) is 0 Å². The molecule has 0 heterocycles. The number of hydrogen-bond donors (Lipinski definition) is 2. The minimum atomic E-state index is 0.0182. The van der Waals surface area contributed by atoms with E-state index in [4.69, 9.17) is 12.2 Å². The fourth-order valence-corrected chi connectivity index (χ4v) is 3.37. The molecule has 2 aromatic carbocycles. The van der Waals surface area contributed by atoms with Crippen LogP contribution < -0.4 is 10.6 Å². The molecule has 0 spiro atoms. The molecule has 1 amide bonds. The van der Waals surface area contributed by atoms with Gasteiger partial charge in [0, 0.05) is 17.5 Å². The molecule has 1 aliphatic carbocycles. The largest absolute Gasteiger partial charge is 0.332 e. The Morgan fingerprint density at radius 2 is 1.82 bits per heavy atom. The van der Waals surface area contributed by atoms with Crippen LogP contribution in [0.5, 0.6) is 0 Å². The van der Waals surface area contributed by atoms with Gasteiger partial charge in [0.05, 0.1) is 0 Å². The molecule has 22 heavy (non-hydrogen) atoms. The summed E-state index contributed by atoms with van der Waals surface area (Å²) in [7, 11) is 0. The zero-order valence-electron chi connectivity index (χ0n) is 12.5. The molecule has 114 valence electrons. The summed E-state index contributed by atoms with van der Waals surface area (Å²) in [4.78, 5) is 12.0. The SMILES string of the molecule is O=C(CC1CCCC1)NC(=S)Nc1cccc2ccccc12. The molecule has 0 aromatic heterocycles. The molecule has 0 bridgehead atoms. The molecule has 4 heteroatoms. The smallest absolute Gasteiger partial charge is 0.226 e. The molecule has 1 aliphatic rings. The molecule has 0 atom stereocenters. The van der Waals surface area contributed by atoms with E-state index in [1.165, 1.54) is 12.8 Å². The number of carbonyl (C=O) groups excluding carboxylic acids is 1. The lowest BCUT2D eigenvalue weighted by atomic mass is 10.0. The normalized spacial score (nSPS) is 14.9. The lowest BCUT2D eigenvalue weighted by Crippen LogP contribution is -2.34. The summed E-state index contributed by atoms with van der Waals surface area (Å²) in [5, 5.41) is 8.56. The van der Waals surface area contributed by atoms with E-state index in [1.54, 1.807) is 0 Å². The molecule has 1 fully saturated rings. The third-order valence-electron chi connectivity index (χ3n) is 4.24. The van der Waals surface area contributed by atoms with Crippen LogP contribution in [0.2, 0.25) is 0 Å². The molecule has 2 N–H and O–H groups in total. The second-order valence-electron chi connectivity index (χ2n) is 5.88. The number of nitrogens with one attached hydrogen (secondary N) is 2. The maximum Gasteiger partial charge on any atom is 0.226 e. The van der Waals surface area contributed by atoms with Gasteiger partial charge in [-0.05, 0) is 42.4 Å². The number of benzene rings is 2. The van der Waals surface area contributed by atoms with Gasteiger partial charge >= 0.3 is 0 Å². The molecule has 2 aromatic rings. The standard InChI is InChI=1S/C18H20N2OS/c21-17(12-13-6-1-2-7-13)20-18(22)19-16-11-5-9-14-8-3-4-10-15(14)16/h3-5,8-11,13H,1-2,6-7,12H2,(H2,19,20,21,22). The highest BCUT2D eigenvalue weighted by molar-refractivity contribution is 7.80. The molecule has 0 saturated heterocycles. The van der Waals surface area contributed by atoms with Gasteiger partial charge in [-0.25, -0.2) is 0 Å². The summed E-state index contributed by atoms with van der Waals surface area (Å²) in [6.07, 6.45) is 5.40. The lowest BCUT2D eigenvalue weighted by Gasteiger charge is -2.13. The van der Waals surface area contributed by atoms with Crippen molar-refractivity contribution >= 4 is 39.7 Å². The van der Waals surface area contributed by atoms with E-state index >= 15 is 0 Å². The molecule has 3 nitrogen and oxygen atoms in total. The van der Waals surface area contributed by atoms with Crippen molar-refractivity contribution in [1.29, 1.82) is 0 Å². The number of anilines is 1. The van der Waals surface area contributed by atoms with Crippen LogP contribution in [0.15, 0.2) is 42.5 Å². The molecular formula is C18H20N2OS. The van der Waals surface area contributed by atoms with Crippen molar-refractivity contribution in [3.8, 4) is 0 Å². The average molecular weight is 312 g/mol. The number of rotatable bonds is 3. The van der Waals surface area contributed by atoms with Crippen molar-refractivity contribution in [2.45, 2.75) is 32.1 Å². The van der Waals surface area contributed by atoms with Crippen LogP contribution in [0.1, 0.15) is 32.1 Å². The summed E-state index contributed by atoms with van der Waals surface area (Å²) in [6, 6.07) is 14.1. The Bertz CT molecular complexity index is 687. The molecule has 0 unspecified atom stereocenters. The summed E-state index contributed by atoms with van der Waals surface area (Å²) in [5.41, 5.74) is 0.921. The highest BCUT2D eigenvalue weighted by atomic mass is 32.1. The number of hydrogen-bond acceptors (Lipinski definition) is 2. The zero-order valence-corrected chi connectivity index (χ0v) is 13.3. The number of thiocarbonyl (C=S) groups is 1. The zero-order chi connectivity index (χ0) is 15.4. The van der Waals surface area contributed by atoms with E-state index in [-0.39, 0.29) is 5.91 Å². The lowest BCUT2D eigenvalue weighted by molar-refractivity contribution is -0.120. The van der Waals surface area contributed by atoms with E-state index in [0.717, 1.165) is 29.3 Å². The van der Waals surface area contributed by atoms with E-state index in [9.17, 15) is 4.79 Å². The van der Waals surface area contributed by atoms with Crippen molar-refractivity contribution < 1.29 is 4.79 Å². The Hall–Kier alpha value is -1.94. The number of amides is 1. The van der Waals surface area contributed by atoms with Crippen molar-refractivity contribution in [1.82, 2.24) is 5.32 Å². The van der Waals surface area contributed by atoms with Crippen molar-refractivity contribution in [2.75, 3.05) is 5.32 Å². The Balaban J connectivity index is 1.62. The molecular weight excluding hydrogens is 292 g/mol. The maximum atomic E-state index is 12.0. The van der Waals surface area contributed by atoms with E-state index in [0.29, 0.717) is 17.5 Å². The second-order valence-corrected chi connectivity index (χ2v) is 6.29. The van der Waals surface area contributed by atoms with Crippen molar-refractivity contribution in [3.05, 3.63) is 42.5 Å². The van der Waals surface area contributed by atoms with Gasteiger partial charge in [-0.2, -0.15) is 0 Å². The molecule has 1 saturated carbocycles. The first-order valence-electron chi connectivity index (χ1n) is 7.81. The monoisotopic (exact) mass is 312 g/mol. The van der Waals surface area contributed by atoms with Gasteiger partial charge in [-0.3, -0.25) is 4.79 Å². The average Bonchev–Trinajstić information content (AvgIpc) is 3.00. The number of fused-ring (bicyclic) bond motifs is 1. The first-order chi connectivity index (χ1) is 10.7. The summed E-state index contributed by atoms with van der Waals surface area (Å²) >= 11 is 5.27. The van der Waals surface area contributed by atoms with Crippen molar-refractivity contribution in [2.24, 2.45) is 5.92 Å². The predicted octanol–water partition coefficient (Wildman–Crippen LogP) is 4.23. The summed E-state index contributed by atoms with van der Waals surface area (Å²) < 4.78 is 0. The summed E-state index contributed by atoms with van der Waals surface area (Å²) in [5.74, 6) is 0.546. The quantitative estimate of drug-likeness (QED) is 0.833. The van der Waals surface area contributed by atoms with Gasteiger partial charge in [-0.1, -0.05) is 49.2 Å². The van der Waals surface area contributed by atoms with Crippen LogP contribution in [-0.4, -0.2) is 11.0 Å².